The molecule has 0 saturated carbocycles. The molecule has 15 heavy (non-hydrogen) atoms. The lowest BCUT2D eigenvalue weighted by Gasteiger charge is -2.29. The number of allylic oxidation sites excluding steroid dienone is 1. The molecule has 0 saturated heterocycles. The first-order valence-corrected chi connectivity index (χ1v) is 4.22. The van der Waals surface area contributed by atoms with Gasteiger partial charge in [-0.3, -0.25) is 0 Å². The van der Waals surface area contributed by atoms with Crippen LogP contribution in [0.5, 0.6) is 0 Å². The van der Waals surface area contributed by atoms with Crippen LogP contribution in [-0.4, -0.2) is 18.4 Å². The Kier molecular flexibility index (Phi) is 3.04. The predicted molar refractivity (Wildman–Crippen MR) is 40.9 cm³/mol. The number of alkyl halides is 6. The van der Waals surface area contributed by atoms with Crippen LogP contribution in [0.3, 0.4) is 0 Å². The summed E-state index contributed by atoms with van der Waals surface area (Å²) in [6.45, 7) is 0. The SMILES string of the molecule is NC1C=C(C(F)(F)F)CCC1C(F)(F)F. The molecule has 0 radical (unpaired) electrons. The number of rotatable bonds is 0. The standard InChI is InChI=1S/C8H9F6N/c9-7(10,11)4-1-2-5(6(15)3-4)8(12,13)14/h3,5-6H,1-2,15H2. The van der Waals surface area contributed by atoms with E-state index in [1.807, 2.05) is 0 Å². The molecule has 0 bridgehead atoms. The Hall–Kier alpha value is -0.720. The first-order chi connectivity index (χ1) is 6.62. The third-order valence-corrected chi connectivity index (χ3v) is 2.37. The molecule has 2 unspecified atom stereocenters. The normalized spacial score (nSPS) is 28.9. The van der Waals surface area contributed by atoms with Crippen LogP contribution in [0.1, 0.15) is 12.8 Å². The highest BCUT2D eigenvalue weighted by atomic mass is 19.4. The second-order valence-corrected chi connectivity index (χ2v) is 3.45. The van der Waals surface area contributed by atoms with Gasteiger partial charge >= 0.3 is 12.4 Å². The van der Waals surface area contributed by atoms with Gasteiger partial charge in [-0.15, -0.1) is 0 Å². The van der Waals surface area contributed by atoms with Gasteiger partial charge in [0.15, 0.2) is 0 Å². The molecule has 0 aromatic rings. The van der Waals surface area contributed by atoms with E-state index in [9.17, 15) is 26.3 Å². The average Bonchev–Trinajstić information content (AvgIpc) is 1.99. The molecule has 0 aromatic heterocycles. The van der Waals surface area contributed by atoms with Gasteiger partial charge in [0.25, 0.3) is 0 Å². The van der Waals surface area contributed by atoms with Crippen molar-refractivity contribution in [3.63, 3.8) is 0 Å². The Morgan fingerprint density at radius 2 is 1.67 bits per heavy atom. The summed E-state index contributed by atoms with van der Waals surface area (Å²) in [7, 11) is 0. The molecule has 0 amide bonds. The van der Waals surface area contributed by atoms with Crippen molar-refractivity contribution < 1.29 is 26.3 Å². The topological polar surface area (TPSA) is 26.0 Å². The summed E-state index contributed by atoms with van der Waals surface area (Å²) in [5.41, 5.74) is 4.09. The second kappa shape index (κ2) is 3.70. The van der Waals surface area contributed by atoms with Crippen LogP contribution in [-0.2, 0) is 0 Å². The maximum Gasteiger partial charge on any atom is 0.412 e. The molecule has 0 fully saturated rings. The molecule has 2 atom stereocenters. The molecular weight excluding hydrogens is 224 g/mol. The summed E-state index contributed by atoms with van der Waals surface area (Å²) in [6.07, 6.45) is -9.86. The van der Waals surface area contributed by atoms with Crippen molar-refractivity contribution in [2.45, 2.75) is 31.2 Å². The van der Waals surface area contributed by atoms with Gasteiger partial charge in [0.1, 0.15) is 0 Å². The highest BCUT2D eigenvalue weighted by Gasteiger charge is 2.47. The molecule has 0 aromatic carbocycles. The van der Waals surface area contributed by atoms with Crippen molar-refractivity contribution in [1.29, 1.82) is 0 Å². The Morgan fingerprint density at radius 3 is 2.00 bits per heavy atom. The van der Waals surface area contributed by atoms with E-state index in [0.717, 1.165) is 0 Å². The van der Waals surface area contributed by atoms with Crippen LogP contribution in [0.4, 0.5) is 26.3 Å². The van der Waals surface area contributed by atoms with Crippen LogP contribution in [0.25, 0.3) is 0 Å². The fraction of sp³-hybridized carbons (Fsp3) is 0.750. The van der Waals surface area contributed by atoms with Crippen molar-refractivity contribution in [1.82, 2.24) is 0 Å². The zero-order valence-corrected chi connectivity index (χ0v) is 7.49. The summed E-state index contributed by atoms with van der Waals surface area (Å²) in [5, 5.41) is 0. The molecule has 88 valence electrons. The van der Waals surface area contributed by atoms with Crippen molar-refractivity contribution >= 4 is 0 Å². The Bertz CT molecular complexity index is 263. The maximum absolute atomic E-state index is 12.2. The van der Waals surface area contributed by atoms with E-state index in [1.165, 1.54) is 0 Å². The predicted octanol–water partition coefficient (Wildman–Crippen LogP) is 2.77. The van der Waals surface area contributed by atoms with Crippen molar-refractivity contribution in [3.05, 3.63) is 11.6 Å². The van der Waals surface area contributed by atoms with E-state index in [0.29, 0.717) is 6.08 Å². The molecule has 0 aliphatic heterocycles. The van der Waals surface area contributed by atoms with E-state index < -0.39 is 42.7 Å². The van der Waals surface area contributed by atoms with Gasteiger partial charge in [0.2, 0.25) is 0 Å². The minimum absolute atomic E-state index is 0.474. The molecule has 1 nitrogen and oxygen atoms in total. The maximum atomic E-state index is 12.2. The van der Waals surface area contributed by atoms with Crippen LogP contribution >= 0.6 is 0 Å². The quantitative estimate of drug-likeness (QED) is 0.505. The van der Waals surface area contributed by atoms with Gasteiger partial charge in [-0.25, -0.2) is 0 Å². The summed E-state index contributed by atoms with van der Waals surface area (Å²) in [6, 6.07) is -1.60. The third kappa shape index (κ3) is 2.87. The molecule has 1 rings (SSSR count). The number of halogens is 6. The van der Waals surface area contributed by atoms with E-state index in [1.54, 1.807) is 0 Å². The lowest BCUT2D eigenvalue weighted by Crippen LogP contribution is -2.42. The second-order valence-electron chi connectivity index (χ2n) is 3.45. The van der Waals surface area contributed by atoms with Gasteiger partial charge in [0, 0.05) is 11.6 Å². The molecule has 0 heterocycles. The molecule has 1 aliphatic carbocycles. The van der Waals surface area contributed by atoms with Crippen molar-refractivity contribution in [3.8, 4) is 0 Å². The lowest BCUT2D eigenvalue weighted by molar-refractivity contribution is -0.182. The third-order valence-electron chi connectivity index (χ3n) is 2.37. The average molecular weight is 233 g/mol. The zero-order chi connectivity index (χ0) is 11.9. The minimum atomic E-state index is -4.58. The van der Waals surface area contributed by atoms with E-state index in [-0.39, 0.29) is 0 Å². The van der Waals surface area contributed by atoms with Crippen molar-refractivity contribution in [2.24, 2.45) is 11.7 Å². The first-order valence-electron chi connectivity index (χ1n) is 4.22. The smallest absolute Gasteiger partial charge is 0.324 e. The van der Waals surface area contributed by atoms with Gasteiger partial charge < -0.3 is 5.73 Å². The van der Waals surface area contributed by atoms with Crippen LogP contribution in [0.2, 0.25) is 0 Å². The highest BCUT2D eigenvalue weighted by molar-refractivity contribution is 5.17. The van der Waals surface area contributed by atoms with Gasteiger partial charge in [-0.05, 0) is 12.8 Å². The number of hydrogen-bond acceptors (Lipinski definition) is 1. The zero-order valence-electron chi connectivity index (χ0n) is 7.49. The van der Waals surface area contributed by atoms with E-state index in [2.05, 4.69) is 0 Å². The lowest BCUT2D eigenvalue weighted by atomic mass is 9.85. The summed E-state index contributed by atoms with van der Waals surface area (Å²) in [5.74, 6) is -1.87. The van der Waals surface area contributed by atoms with E-state index >= 15 is 0 Å². The highest BCUT2D eigenvalue weighted by Crippen LogP contribution is 2.40. The summed E-state index contributed by atoms with van der Waals surface area (Å²) >= 11 is 0. The summed E-state index contributed by atoms with van der Waals surface area (Å²) in [4.78, 5) is 0. The monoisotopic (exact) mass is 233 g/mol. The van der Waals surface area contributed by atoms with Gasteiger partial charge in [-0.1, -0.05) is 6.08 Å². The number of hydrogen-bond donors (Lipinski definition) is 1. The molecule has 1 aliphatic rings. The van der Waals surface area contributed by atoms with E-state index in [4.69, 9.17) is 5.73 Å². The summed E-state index contributed by atoms with van der Waals surface area (Å²) < 4.78 is 73.1. The fourth-order valence-electron chi connectivity index (χ4n) is 1.55. The Labute approximate surface area is 81.9 Å². The molecular formula is C8H9F6N. The van der Waals surface area contributed by atoms with Crippen LogP contribution in [0, 0.1) is 5.92 Å². The van der Waals surface area contributed by atoms with Gasteiger partial charge in [-0.2, -0.15) is 26.3 Å². The fourth-order valence-corrected chi connectivity index (χ4v) is 1.55. The van der Waals surface area contributed by atoms with Crippen molar-refractivity contribution in [2.75, 3.05) is 0 Å². The molecule has 7 heteroatoms. The first kappa shape index (κ1) is 12.4. The van der Waals surface area contributed by atoms with Gasteiger partial charge in [0.05, 0.1) is 5.92 Å². The van der Waals surface area contributed by atoms with Crippen LogP contribution in [0.15, 0.2) is 11.6 Å². The number of nitrogens with two attached hydrogens (primary N) is 1. The van der Waals surface area contributed by atoms with Crippen LogP contribution < -0.4 is 5.73 Å². The Balaban J connectivity index is 2.83. The Morgan fingerprint density at radius 1 is 1.13 bits per heavy atom. The minimum Gasteiger partial charge on any atom is -0.324 e. The largest absolute Gasteiger partial charge is 0.412 e. The molecule has 2 N–H and O–H groups in total. The molecule has 0 spiro atoms.